The second kappa shape index (κ2) is 3.05. The maximum atomic E-state index is 13.3. The van der Waals surface area contributed by atoms with E-state index in [1.165, 1.54) is 0 Å². The van der Waals surface area contributed by atoms with Crippen molar-refractivity contribution in [2.45, 2.75) is 18.2 Å². The van der Waals surface area contributed by atoms with Crippen molar-refractivity contribution in [1.29, 1.82) is 0 Å². The molecule has 1 aromatic carbocycles. The first-order valence-electron chi connectivity index (χ1n) is 5.21. The second-order valence-corrected chi connectivity index (χ2v) is 4.51. The molecule has 0 spiro atoms. The number of benzene rings is 1. The van der Waals surface area contributed by atoms with Crippen LogP contribution in [0, 0.1) is 11.6 Å². The molecule has 1 heterocycles. The first-order chi connectivity index (χ1) is 7.95. The van der Waals surface area contributed by atoms with Crippen molar-refractivity contribution in [3.8, 4) is 5.75 Å². The van der Waals surface area contributed by atoms with E-state index >= 15 is 0 Å². The van der Waals surface area contributed by atoms with E-state index in [0.29, 0.717) is 12.0 Å². The van der Waals surface area contributed by atoms with Crippen LogP contribution in [0.4, 0.5) is 8.78 Å². The predicted octanol–water partition coefficient (Wildman–Crippen LogP) is 0.951. The van der Waals surface area contributed by atoms with Crippen molar-refractivity contribution in [2.24, 2.45) is 0 Å². The minimum Gasteiger partial charge on any atom is -0.669 e. The lowest BCUT2D eigenvalue weighted by molar-refractivity contribution is 0.111. The van der Waals surface area contributed by atoms with Gasteiger partial charge in [0.25, 0.3) is 0 Å². The average molecular weight is 241 g/mol. The lowest BCUT2D eigenvalue weighted by Crippen LogP contribution is -2.45. The molecule has 1 saturated carbocycles. The molecule has 17 heavy (non-hydrogen) atoms. The van der Waals surface area contributed by atoms with Crippen molar-refractivity contribution in [2.75, 3.05) is 0 Å². The van der Waals surface area contributed by atoms with Gasteiger partial charge in [0.05, 0.1) is 11.3 Å². The summed E-state index contributed by atoms with van der Waals surface area (Å²) in [5.41, 5.74) is -0.267. The summed E-state index contributed by atoms with van der Waals surface area (Å²) in [7, 11) is 0. The van der Waals surface area contributed by atoms with Gasteiger partial charge in [-0.15, -0.1) is 0 Å². The summed E-state index contributed by atoms with van der Waals surface area (Å²) in [4.78, 5) is 10.7. The minimum atomic E-state index is -3.09. The Morgan fingerprint density at radius 1 is 1.47 bits per heavy atom. The number of halogens is 2. The summed E-state index contributed by atoms with van der Waals surface area (Å²) < 4.78 is 31.4. The van der Waals surface area contributed by atoms with Gasteiger partial charge in [-0.05, 0) is 17.5 Å². The molecule has 0 amide bonds. The number of aldehydes is 1. The molecule has 1 aliphatic heterocycles. The van der Waals surface area contributed by atoms with Crippen molar-refractivity contribution >= 4 is 13.0 Å². The Hall–Kier alpha value is -1.47. The Morgan fingerprint density at radius 3 is 2.82 bits per heavy atom. The highest BCUT2D eigenvalue weighted by molar-refractivity contribution is 6.62. The Balaban J connectivity index is 2.24. The molecular weight excluding hydrogens is 233 g/mol. The van der Waals surface area contributed by atoms with Crippen LogP contribution in [0.2, 0.25) is 5.82 Å². The third-order valence-corrected chi connectivity index (χ3v) is 3.44. The normalized spacial score (nSPS) is 27.8. The number of hydrogen-bond donors (Lipinski definition) is 2. The molecule has 1 aromatic rings. The fourth-order valence-electron chi connectivity index (χ4n) is 2.47. The van der Waals surface area contributed by atoms with Crippen molar-refractivity contribution < 1.29 is 28.3 Å². The average Bonchev–Trinajstić information content (AvgIpc) is 3.03. The van der Waals surface area contributed by atoms with Crippen LogP contribution in [0.25, 0.3) is 0 Å². The van der Waals surface area contributed by atoms with E-state index in [9.17, 15) is 23.6 Å². The molecule has 1 fully saturated rings. The van der Waals surface area contributed by atoms with E-state index in [4.69, 9.17) is 4.65 Å². The molecule has 0 bridgehead atoms. The van der Waals surface area contributed by atoms with Crippen LogP contribution in [0.3, 0.4) is 0 Å². The topological polar surface area (TPSA) is 66.8 Å². The van der Waals surface area contributed by atoms with E-state index in [1.807, 2.05) is 0 Å². The van der Waals surface area contributed by atoms with Gasteiger partial charge < -0.3 is 14.7 Å². The third kappa shape index (κ3) is 1.32. The summed E-state index contributed by atoms with van der Waals surface area (Å²) >= 11 is 0. The molecule has 1 aliphatic carbocycles. The first kappa shape index (κ1) is 10.7. The van der Waals surface area contributed by atoms with Gasteiger partial charge in [0.15, 0.2) is 17.9 Å². The number of rotatable bonds is 1. The molecule has 2 atom stereocenters. The zero-order valence-electron chi connectivity index (χ0n) is 8.56. The van der Waals surface area contributed by atoms with Crippen LogP contribution < -0.4 is 4.65 Å². The molecule has 0 aromatic heterocycles. The summed E-state index contributed by atoms with van der Waals surface area (Å²) in [6.45, 7) is -3.09. The zero-order valence-corrected chi connectivity index (χ0v) is 8.56. The highest BCUT2D eigenvalue weighted by Crippen LogP contribution is 2.62. The SMILES string of the molecule is O=Cc1c(F)c(F)cc2c1O[B-](O)(O)C1CC21. The molecule has 0 radical (unpaired) electrons. The highest BCUT2D eigenvalue weighted by atomic mass is 19.2. The van der Waals surface area contributed by atoms with Crippen LogP contribution in [-0.4, -0.2) is 23.1 Å². The first-order valence-corrected chi connectivity index (χ1v) is 5.21. The van der Waals surface area contributed by atoms with E-state index in [2.05, 4.69) is 0 Å². The summed E-state index contributed by atoms with van der Waals surface area (Å²) in [5.74, 6) is -3.47. The Morgan fingerprint density at radius 2 is 2.18 bits per heavy atom. The Labute approximate surface area is 94.8 Å². The van der Waals surface area contributed by atoms with Crippen LogP contribution >= 0.6 is 0 Å². The monoisotopic (exact) mass is 241 g/mol. The van der Waals surface area contributed by atoms with E-state index < -0.39 is 29.8 Å². The standard InChI is InChI=1S/C10H8BF2O4/c12-8-2-5-4-1-7(4)11(15,16)17-10(5)6(3-14)9(8)13/h2-4,7,15-16H,1H2/q-1. The van der Waals surface area contributed by atoms with Gasteiger partial charge in [0.1, 0.15) is 0 Å². The van der Waals surface area contributed by atoms with Gasteiger partial charge in [0, 0.05) is 0 Å². The zero-order chi connectivity index (χ0) is 12.4. The highest BCUT2D eigenvalue weighted by Gasteiger charge is 2.55. The van der Waals surface area contributed by atoms with Gasteiger partial charge in [-0.1, -0.05) is 12.2 Å². The second-order valence-electron chi connectivity index (χ2n) is 4.51. The number of carbonyl (C=O) groups excluding carboxylic acids is 1. The molecule has 7 heteroatoms. The van der Waals surface area contributed by atoms with Crippen LogP contribution in [0.15, 0.2) is 6.07 Å². The van der Waals surface area contributed by atoms with Crippen LogP contribution in [-0.2, 0) is 0 Å². The molecule has 2 aliphatic rings. The third-order valence-electron chi connectivity index (χ3n) is 3.44. The number of hydrogen-bond acceptors (Lipinski definition) is 4. The lowest BCUT2D eigenvalue weighted by Gasteiger charge is -2.37. The summed E-state index contributed by atoms with van der Waals surface area (Å²) in [5, 5.41) is 19.2. The Kier molecular flexibility index (Phi) is 1.92. The lowest BCUT2D eigenvalue weighted by atomic mass is 9.68. The molecular formula is C10H8BF2O4-. The largest absolute Gasteiger partial charge is 0.669 e. The number of fused-ring (bicyclic) bond motifs is 3. The fraction of sp³-hybridized carbons (Fsp3) is 0.300. The van der Waals surface area contributed by atoms with Gasteiger partial charge >= 0.3 is 6.75 Å². The van der Waals surface area contributed by atoms with Gasteiger partial charge in [0.2, 0.25) is 0 Å². The van der Waals surface area contributed by atoms with Crippen LogP contribution in [0.1, 0.15) is 28.3 Å². The maximum Gasteiger partial charge on any atom is 0.434 e. The minimum absolute atomic E-state index is 0.117. The fourth-order valence-corrected chi connectivity index (χ4v) is 2.47. The van der Waals surface area contributed by atoms with E-state index in [1.54, 1.807) is 0 Å². The molecule has 0 saturated heterocycles. The van der Waals surface area contributed by atoms with Crippen LogP contribution in [0.5, 0.6) is 5.75 Å². The quantitative estimate of drug-likeness (QED) is 0.567. The smallest absolute Gasteiger partial charge is 0.434 e. The van der Waals surface area contributed by atoms with Gasteiger partial charge in [-0.25, -0.2) is 8.78 Å². The maximum absolute atomic E-state index is 13.3. The molecule has 2 N–H and O–H groups in total. The van der Waals surface area contributed by atoms with E-state index in [0.717, 1.165) is 6.07 Å². The van der Waals surface area contributed by atoms with Crippen molar-refractivity contribution in [3.63, 3.8) is 0 Å². The Bertz CT molecular complexity index is 532. The summed E-state index contributed by atoms with van der Waals surface area (Å²) in [6.07, 6.45) is 0.551. The van der Waals surface area contributed by atoms with Crippen molar-refractivity contribution in [3.05, 3.63) is 28.8 Å². The van der Waals surface area contributed by atoms with Gasteiger partial charge in [-0.2, -0.15) is 0 Å². The predicted molar refractivity (Wildman–Crippen MR) is 53.7 cm³/mol. The molecule has 4 nitrogen and oxygen atoms in total. The van der Waals surface area contributed by atoms with Gasteiger partial charge in [-0.3, -0.25) is 4.79 Å². The molecule has 3 rings (SSSR count). The number of carbonyl (C=O) groups is 1. The van der Waals surface area contributed by atoms with E-state index in [-0.39, 0.29) is 18.0 Å². The molecule has 90 valence electrons. The molecule has 2 unspecified atom stereocenters. The van der Waals surface area contributed by atoms with Crippen molar-refractivity contribution in [1.82, 2.24) is 0 Å². The summed E-state index contributed by atoms with van der Waals surface area (Å²) in [6, 6.07) is 0.952.